The molecular weight excluding hydrogens is 401 g/mol. The minimum atomic E-state index is -2.17. The summed E-state index contributed by atoms with van der Waals surface area (Å²) in [5, 5.41) is 12.2. The van der Waals surface area contributed by atoms with Gasteiger partial charge in [-0.15, -0.1) is 0 Å². The maximum absolute atomic E-state index is 10.3. The molecule has 0 bridgehead atoms. The van der Waals surface area contributed by atoms with Crippen LogP contribution in [-0.4, -0.2) is 42.8 Å². The predicted octanol–water partition coefficient (Wildman–Crippen LogP) is 5.84. The molecule has 0 aromatic heterocycles. The van der Waals surface area contributed by atoms with Crippen molar-refractivity contribution < 1.29 is 23.0 Å². The maximum Gasteiger partial charge on any atom is 0.235 e. The van der Waals surface area contributed by atoms with Crippen molar-refractivity contribution in [3.63, 3.8) is 0 Å². The highest BCUT2D eigenvalue weighted by atomic mass is 32.2. The molecule has 1 aromatic rings. The number of para-hydroxylation sites is 1. The molecule has 0 radical (unpaired) electrons. The van der Waals surface area contributed by atoms with E-state index in [0.29, 0.717) is 12.4 Å². The number of terminal acetylenes is 1. The van der Waals surface area contributed by atoms with Crippen LogP contribution in [0.2, 0.25) is 0 Å². The lowest BCUT2D eigenvalue weighted by Crippen LogP contribution is -2.39. The third-order valence-electron chi connectivity index (χ3n) is 3.00. The molecule has 0 fully saturated rings. The molecule has 168 valence electrons. The van der Waals surface area contributed by atoms with Gasteiger partial charge in [0.05, 0.1) is 26.4 Å². The Morgan fingerprint density at radius 2 is 1.76 bits per heavy atom. The van der Waals surface area contributed by atoms with Crippen LogP contribution >= 0.6 is 11.8 Å². The number of hydrogen-bond acceptors (Lipinski definition) is 5. The van der Waals surface area contributed by atoms with Crippen LogP contribution in [0.4, 0.5) is 13.2 Å². The molecule has 1 unspecified atom stereocenters. The van der Waals surface area contributed by atoms with Crippen LogP contribution in [0.1, 0.15) is 47.1 Å². The van der Waals surface area contributed by atoms with Crippen molar-refractivity contribution >= 4 is 16.9 Å². The number of rotatable bonds is 3. The van der Waals surface area contributed by atoms with Gasteiger partial charge in [-0.25, -0.2) is 8.78 Å². The number of amidine groups is 1. The summed E-state index contributed by atoms with van der Waals surface area (Å²) in [5.41, 5.74) is 0.957. The highest BCUT2D eigenvalue weighted by molar-refractivity contribution is 8.14. The van der Waals surface area contributed by atoms with E-state index in [2.05, 4.69) is 43.6 Å². The summed E-state index contributed by atoms with van der Waals surface area (Å²) in [4.78, 5) is 4.51. The van der Waals surface area contributed by atoms with Gasteiger partial charge >= 0.3 is 0 Å². The van der Waals surface area contributed by atoms with Gasteiger partial charge in [-0.2, -0.15) is 0 Å². The Hall–Kier alpha value is -2.01. The van der Waals surface area contributed by atoms with E-state index < -0.39 is 6.43 Å². The van der Waals surface area contributed by atoms with E-state index in [1.165, 1.54) is 6.11 Å². The molecule has 1 aromatic carbocycles. The van der Waals surface area contributed by atoms with E-state index in [1.54, 1.807) is 18.9 Å². The number of hydrogen-bond donors (Lipinski definition) is 2. The Morgan fingerprint density at radius 3 is 2.14 bits per heavy atom. The Morgan fingerprint density at radius 1 is 1.31 bits per heavy atom. The standard InChI is InChI=1S/C14H20N2OS.C2H4F2.C2H2O.C2H6.CH3F/c1-10-9-15-13(18-10)16-14(2,3)11-7-5-6-8-12(11)17-4;1-2(3)4;1-2-3;2*1-2/h5-8,10H,9H2,1-4H3,(H,15,16);2H,1H3;1,3H;1-2H3;1H3. The number of aliphatic imine (C=N–C) groups is 1. The lowest BCUT2D eigenvalue weighted by Gasteiger charge is -2.29. The Labute approximate surface area is 178 Å². The van der Waals surface area contributed by atoms with Gasteiger partial charge in [0.15, 0.2) is 5.17 Å². The van der Waals surface area contributed by atoms with Crippen molar-refractivity contribution in [1.29, 1.82) is 0 Å². The first kappa shape index (κ1) is 31.7. The minimum Gasteiger partial charge on any atom is -0.496 e. The summed E-state index contributed by atoms with van der Waals surface area (Å²) in [7, 11) is 2.21. The molecule has 0 saturated heterocycles. The molecule has 29 heavy (non-hydrogen) atoms. The summed E-state index contributed by atoms with van der Waals surface area (Å²) in [5.74, 6) is 0.909. The van der Waals surface area contributed by atoms with E-state index >= 15 is 0 Å². The second-order valence-corrected chi connectivity index (χ2v) is 7.10. The smallest absolute Gasteiger partial charge is 0.235 e. The fourth-order valence-corrected chi connectivity index (χ4v) is 3.03. The van der Waals surface area contributed by atoms with Crippen LogP contribution in [0.3, 0.4) is 0 Å². The molecule has 2 N–H and O–H groups in total. The van der Waals surface area contributed by atoms with E-state index in [4.69, 9.17) is 9.84 Å². The van der Waals surface area contributed by atoms with Gasteiger partial charge in [0, 0.05) is 10.8 Å². The lowest BCUT2D eigenvalue weighted by molar-refractivity contribution is 0.171. The normalized spacial score (nSPS) is 14.0. The third-order valence-corrected chi connectivity index (χ3v) is 4.01. The Balaban J connectivity index is -0.000000520. The number of ether oxygens (including phenoxy) is 1. The number of aliphatic hydroxyl groups excluding tert-OH is 1. The molecule has 1 aliphatic heterocycles. The highest BCUT2D eigenvalue weighted by Crippen LogP contribution is 2.31. The number of thioether (sulfide) groups is 1. The molecule has 2 rings (SSSR count). The first-order valence-electron chi connectivity index (χ1n) is 9.06. The molecule has 8 heteroatoms. The summed E-state index contributed by atoms with van der Waals surface area (Å²) in [6.07, 6.45) is 3.24. The van der Waals surface area contributed by atoms with Crippen molar-refractivity contribution in [2.75, 3.05) is 20.8 Å². The largest absolute Gasteiger partial charge is 0.496 e. The minimum absolute atomic E-state index is 0.192. The first-order chi connectivity index (χ1) is 13.7. The molecule has 1 aliphatic rings. The molecular formula is C21H35F3N2O2S. The van der Waals surface area contributed by atoms with Crippen LogP contribution in [0.5, 0.6) is 5.75 Å². The van der Waals surface area contributed by atoms with Gasteiger partial charge in [-0.1, -0.05) is 57.2 Å². The summed E-state index contributed by atoms with van der Waals surface area (Å²) in [6.45, 7) is 12.2. The maximum atomic E-state index is 10.3. The van der Waals surface area contributed by atoms with Crippen LogP contribution in [0, 0.1) is 12.5 Å². The zero-order valence-electron chi connectivity index (χ0n) is 18.6. The zero-order chi connectivity index (χ0) is 23.5. The molecule has 0 spiro atoms. The van der Waals surface area contributed by atoms with E-state index in [9.17, 15) is 13.2 Å². The SMILES string of the molecule is C#CO.CC.CC(F)F.CF.COc1ccccc1C(C)(C)NC1=NCC(C)S1. The van der Waals surface area contributed by atoms with E-state index in [1.807, 2.05) is 32.0 Å². The van der Waals surface area contributed by atoms with Gasteiger partial charge in [-0.3, -0.25) is 9.38 Å². The fourth-order valence-electron chi connectivity index (χ4n) is 2.04. The monoisotopic (exact) mass is 436 g/mol. The average Bonchev–Trinajstić information content (AvgIpc) is 3.09. The van der Waals surface area contributed by atoms with Gasteiger partial charge in [0.1, 0.15) is 11.9 Å². The van der Waals surface area contributed by atoms with E-state index in [0.717, 1.165) is 29.9 Å². The highest BCUT2D eigenvalue weighted by Gasteiger charge is 2.27. The summed E-state index contributed by atoms with van der Waals surface area (Å²) in [6, 6.07) is 8.11. The third kappa shape index (κ3) is 15.6. The molecule has 1 heterocycles. The lowest BCUT2D eigenvalue weighted by atomic mass is 9.93. The molecule has 4 nitrogen and oxygen atoms in total. The van der Waals surface area contributed by atoms with Gasteiger partial charge in [-0.05, 0) is 26.8 Å². The second-order valence-electron chi connectivity index (χ2n) is 5.67. The Bertz CT molecular complexity index is 589. The summed E-state index contributed by atoms with van der Waals surface area (Å²) < 4.78 is 35.6. The molecule has 0 saturated carbocycles. The number of methoxy groups -OCH3 is 1. The van der Waals surface area contributed by atoms with Crippen LogP contribution in [0.25, 0.3) is 0 Å². The molecule has 0 aliphatic carbocycles. The number of alkyl halides is 3. The summed E-state index contributed by atoms with van der Waals surface area (Å²) >= 11 is 1.80. The number of nitrogens with zero attached hydrogens (tertiary/aromatic N) is 1. The quantitative estimate of drug-likeness (QED) is 0.584. The average molecular weight is 437 g/mol. The van der Waals surface area contributed by atoms with Crippen molar-refractivity contribution in [2.45, 2.75) is 58.8 Å². The number of benzene rings is 1. The van der Waals surface area contributed by atoms with Crippen LogP contribution < -0.4 is 10.1 Å². The molecule has 1 atom stereocenters. The van der Waals surface area contributed by atoms with Gasteiger partial charge in [0.2, 0.25) is 6.43 Å². The topological polar surface area (TPSA) is 53.9 Å². The van der Waals surface area contributed by atoms with Crippen molar-refractivity contribution in [3.8, 4) is 18.3 Å². The van der Waals surface area contributed by atoms with Crippen molar-refractivity contribution in [3.05, 3.63) is 29.8 Å². The molecule has 0 amide bonds. The zero-order valence-corrected chi connectivity index (χ0v) is 19.4. The first-order valence-corrected chi connectivity index (χ1v) is 9.94. The van der Waals surface area contributed by atoms with Gasteiger partial charge in [0.25, 0.3) is 0 Å². The van der Waals surface area contributed by atoms with Crippen LogP contribution in [-0.2, 0) is 5.54 Å². The van der Waals surface area contributed by atoms with Gasteiger partial charge < -0.3 is 15.2 Å². The number of aliphatic hydroxyl groups is 1. The number of nitrogens with one attached hydrogen (secondary N) is 1. The predicted molar refractivity (Wildman–Crippen MR) is 119 cm³/mol. The van der Waals surface area contributed by atoms with Crippen LogP contribution in [0.15, 0.2) is 29.3 Å². The Kier molecular flexibility index (Phi) is 21.1. The van der Waals surface area contributed by atoms with Crippen molar-refractivity contribution in [1.82, 2.24) is 5.32 Å². The second kappa shape index (κ2) is 19.3. The fraction of sp³-hybridized carbons (Fsp3) is 0.571. The van der Waals surface area contributed by atoms with E-state index in [-0.39, 0.29) is 5.54 Å². The number of halogens is 3. The van der Waals surface area contributed by atoms with Crippen molar-refractivity contribution in [2.24, 2.45) is 4.99 Å².